The number of carboxylic acid groups (broad SMARTS) is 1. The van der Waals surface area contributed by atoms with E-state index in [0.29, 0.717) is 18.7 Å². The van der Waals surface area contributed by atoms with Crippen molar-refractivity contribution < 1.29 is 27.9 Å². The smallest absolute Gasteiger partial charge is 0.321 e. The zero-order chi connectivity index (χ0) is 19.0. The largest absolute Gasteiger partial charge is 0.481 e. The summed E-state index contributed by atoms with van der Waals surface area (Å²) in [6.07, 6.45) is 0.407. The number of nitrogens with one attached hydrogen (secondary N) is 1. The van der Waals surface area contributed by atoms with Gasteiger partial charge in [0.1, 0.15) is 0 Å². The Bertz CT molecular complexity index is 687. The summed E-state index contributed by atoms with van der Waals surface area (Å²) in [4.78, 5) is 24.3. The highest BCUT2D eigenvalue weighted by Crippen LogP contribution is 2.16. The Kier molecular flexibility index (Phi) is 7.85. The lowest BCUT2D eigenvalue weighted by Crippen LogP contribution is -2.36. The molecule has 1 aromatic carbocycles. The van der Waals surface area contributed by atoms with E-state index in [-0.39, 0.29) is 17.2 Å². The second-order valence-corrected chi connectivity index (χ2v) is 7.85. The first-order valence-electron chi connectivity index (χ1n) is 7.74. The Morgan fingerprint density at radius 3 is 2.40 bits per heavy atom. The number of urea groups is 1. The Balaban J connectivity index is 2.67. The highest BCUT2D eigenvalue weighted by Gasteiger charge is 2.18. The first-order chi connectivity index (χ1) is 11.7. The number of carbonyl (C=O) groups is 2. The molecule has 0 aliphatic heterocycles. The number of nitrogens with zero attached hydrogens (tertiary/aromatic N) is 1. The van der Waals surface area contributed by atoms with Crippen LogP contribution >= 0.6 is 0 Å². The molecule has 0 saturated heterocycles. The molecule has 8 nitrogen and oxygen atoms in total. The van der Waals surface area contributed by atoms with Crippen molar-refractivity contribution in [3.63, 3.8) is 0 Å². The van der Waals surface area contributed by atoms with Gasteiger partial charge in [0, 0.05) is 33.0 Å². The molecule has 0 bridgehead atoms. The standard InChI is InChI=1S/C16H24N2O6S/c1-12(15(19)20)11-18(2)16(21)17-13-5-7-14(8-6-13)25(22,23)10-4-9-24-3/h5-8,12H,4,9-11H2,1-3H3,(H,17,21)(H,19,20). The van der Waals surface area contributed by atoms with Crippen molar-refractivity contribution >= 4 is 27.5 Å². The number of amides is 2. The van der Waals surface area contributed by atoms with Crippen LogP contribution in [0, 0.1) is 5.92 Å². The monoisotopic (exact) mass is 372 g/mol. The van der Waals surface area contributed by atoms with Gasteiger partial charge in [0.15, 0.2) is 9.84 Å². The molecule has 25 heavy (non-hydrogen) atoms. The van der Waals surface area contributed by atoms with E-state index in [1.807, 2.05) is 0 Å². The predicted octanol–water partition coefficient (Wildman–Crippen LogP) is 1.68. The topological polar surface area (TPSA) is 113 Å². The van der Waals surface area contributed by atoms with Crippen LogP contribution < -0.4 is 5.32 Å². The third-order valence-electron chi connectivity index (χ3n) is 3.54. The van der Waals surface area contributed by atoms with Crippen LogP contribution in [0.1, 0.15) is 13.3 Å². The molecule has 1 aromatic rings. The molecular formula is C16H24N2O6S. The molecule has 1 rings (SSSR count). The summed E-state index contributed by atoms with van der Waals surface area (Å²) in [6, 6.07) is 5.38. The third kappa shape index (κ3) is 6.71. The van der Waals surface area contributed by atoms with Gasteiger partial charge in [0.2, 0.25) is 0 Å². The molecule has 2 amide bonds. The van der Waals surface area contributed by atoms with Crippen molar-refractivity contribution in [2.24, 2.45) is 5.92 Å². The zero-order valence-corrected chi connectivity index (χ0v) is 15.4. The Morgan fingerprint density at radius 1 is 1.28 bits per heavy atom. The van der Waals surface area contributed by atoms with Gasteiger partial charge in [0.05, 0.1) is 16.6 Å². The van der Waals surface area contributed by atoms with E-state index < -0.39 is 27.8 Å². The van der Waals surface area contributed by atoms with Gasteiger partial charge in [-0.2, -0.15) is 0 Å². The third-order valence-corrected chi connectivity index (χ3v) is 5.36. The van der Waals surface area contributed by atoms with Crippen LogP contribution in [-0.2, 0) is 19.4 Å². The number of sulfone groups is 1. The maximum atomic E-state index is 12.1. The zero-order valence-electron chi connectivity index (χ0n) is 14.6. The maximum absolute atomic E-state index is 12.1. The number of rotatable bonds is 9. The molecule has 0 fully saturated rings. The van der Waals surface area contributed by atoms with E-state index in [2.05, 4.69) is 5.32 Å². The van der Waals surface area contributed by atoms with E-state index in [1.54, 1.807) is 0 Å². The fourth-order valence-corrected chi connectivity index (χ4v) is 3.33. The average molecular weight is 372 g/mol. The van der Waals surface area contributed by atoms with Crippen molar-refractivity contribution in [3.05, 3.63) is 24.3 Å². The minimum Gasteiger partial charge on any atom is -0.481 e. The van der Waals surface area contributed by atoms with Gasteiger partial charge in [-0.15, -0.1) is 0 Å². The van der Waals surface area contributed by atoms with Crippen molar-refractivity contribution in [2.75, 3.05) is 38.4 Å². The van der Waals surface area contributed by atoms with Crippen LogP contribution in [0.15, 0.2) is 29.2 Å². The molecule has 140 valence electrons. The van der Waals surface area contributed by atoms with E-state index in [0.717, 1.165) is 0 Å². The molecule has 1 atom stereocenters. The normalized spacial score (nSPS) is 12.4. The fourth-order valence-electron chi connectivity index (χ4n) is 2.05. The van der Waals surface area contributed by atoms with Crippen LogP contribution in [0.2, 0.25) is 0 Å². The summed E-state index contributed by atoms with van der Waals surface area (Å²) in [6.45, 7) is 1.94. The SMILES string of the molecule is COCCCS(=O)(=O)c1ccc(NC(=O)N(C)CC(C)C(=O)O)cc1. The molecule has 0 heterocycles. The van der Waals surface area contributed by atoms with Gasteiger partial charge in [-0.3, -0.25) is 4.79 Å². The molecule has 0 aromatic heterocycles. The lowest BCUT2D eigenvalue weighted by molar-refractivity contribution is -0.141. The van der Waals surface area contributed by atoms with Gasteiger partial charge in [0.25, 0.3) is 0 Å². The average Bonchev–Trinajstić information content (AvgIpc) is 2.55. The van der Waals surface area contributed by atoms with Crippen molar-refractivity contribution in [1.82, 2.24) is 4.90 Å². The van der Waals surface area contributed by atoms with Gasteiger partial charge >= 0.3 is 12.0 Å². The number of anilines is 1. The number of aliphatic carboxylic acids is 1. The minimum atomic E-state index is -3.39. The van der Waals surface area contributed by atoms with E-state index in [4.69, 9.17) is 9.84 Å². The summed E-state index contributed by atoms with van der Waals surface area (Å²) in [5.41, 5.74) is 0.427. The van der Waals surface area contributed by atoms with Gasteiger partial charge in [-0.25, -0.2) is 13.2 Å². The lowest BCUT2D eigenvalue weighted by atomic mass is 10.2. The molecule has 0 saturated carbocycles. The summed E-state index contributed by atoms with van der Waals surface area (Å²) in [7, 11) is -0.386. The molecular weight excluding hydrogens is 348 g/mol. The molecule has 0 spiro atoms. The van der Waals surface area contributed by atoms with Crippen LogP contribution in [0.4, 0.5) is 10.5 Å². The highest BCUT2D eigenvalue weighted by molar-refractivity contribution is 7.91. The maximum Gasteiger partial charge on any atom is 0.321 e. The Labute approximate surface area is 147 Å². The number of carboxylic acids is 1. The Hall–Kier alpha value is -2.13. The van der Waals surface area contributed by atoms with Crippen molar-refractivity contribution in [3.8, 4) is 0 Å². The van der Waals surface area contributed by atoms with Gasteiger partial charge in [-0.05, 0) is 30.7 Å². The summed E-state index contributed by atoms with van der Waals surface area (Å²) >= 11 is 0. The summed E-state index contributed by atoms with van der Waals surface area (Å²) in [5.74, 6) is -1.68. The summed E-state index contributed by atoms with van der Waals surface area (Å²) in [5, 5.41) is 11.5. The molecule has 0 radical (unpaired) electrons. The summed E-state index contributed by atoms with van der Waals surface area (Å²) < 4.78 is 29.1. The van der Waals surface area contributed by atoms with Crippen LogP contribution in [0.3, 0.4) is 0 Å². The second kappa shape index (κ2) is 9.38. The molecule has 9 heteroatoms. The quantitative estimate of drug-likeness (QED) is 0.638. The second-order valence-electron chi connectivity index (χ2n) is 5.74. The van der Waals surface area contributed by atoms with Gasteiger partial charge in [-0.1, -0.05) is 6.92 Å². The van der Waals surface area contributed by atoms with Crippen LogP contribution in [-0.4, -0.2) is 63.5 Å². The molecule has 0 aliphatic carbocycles. The predicted molar refractivity (Wildman–Crippen MR) is 93.4 cm³/mol. The van der Waals surface area contributed by atoms with E-state index in [1.165, 1.54) is 50.2 Å². The van der Waals surface area contributed by atoms with Crippen LogP contribution in [0.25, 0.3) is 0 Å². The van der Waals surface area contributed by atoms with Crippen molar-refractivity contribution in [2.45, 2.75) is 18.2 Å². The van der Waals surface area contributed by atoms with Crippen LogP contribution in [0.5, 0.6) is 0 Å². The fraction of sp³-hybridized carbons (Fsp3) is 0.500. The molecule has 1 unspecified atom stereocenters. The highest BCUT2D eigenvalue weighted by atomic mass is 32.2. The minimum absolute atomic E-state index is 0.0115. The lowest BCUT2D eigenvalue weighted by Gasteiger charge is -2.20. The molecule has 0 aliphatic rings. The van der Waals surface area contributed by atoms with E-state index >= 15 is 0 Å². The van der Waals surface area contributed by atoms with Gasteiger partial charge < -0.3 is 20.1 Å². The first-order valence-corrected chi connectivity index (χ1v) is 9.39. The number of hydrogen-bond acceptors (Lipinski definition) is 5. The number of benzene rings is 1. The number of methoxy groups -OCH3 is 1. The van der Waals surface area contributed by atoms with Crippen molar-refractivity contribution in [1.29, 1.82) is 0 Å². The van der Waals surface area contributed by atoms with E-state index in [9.17, 15) is 18.0 Å². The number of carbonyl (C=O) groups excluding carboxylic acids is 1. The number of hydrogen-bond donors (Lipinski definition) is 2. The Morgan fingerprint density at radius 2 is 1.88 bits per heavy atom. The molecule has 2 N–H and O–H groups in total. The number of ether oxygens (including phenoxy) is 1. The first kappa shape index (κ1) is 20.9.